The molecule has 18 heavy (non-hydrogen) atoms. The Hall–Kier alpha value is -1.55. The number of likely N-dealkylation sites (tertiary alicyclic amines) is 2. The molecular weight excluding hydrogens is 228 g/mol. The Labute approximate surface area is 107 Å². The van der Waals surface area contributed by atoms with Crippen LogP contribution in [-0.2, 0) is 6.54 Å². The van der Waals surface area contributed by atoms with Crippen molar-refractivity contribution in [3.8, 4) is 0 Å². The lowest BCUT2D eigenvalue weighted by molar-refractivity contribution is -0.0437. The number of carboxylic acid groups (broad SMARTS) is 1. The number of benzene rings is 1. The lowest BCUT2D eigenvalue weighted by atomic mass is 9.82. The van der Waals surface area contributed by atoms with Crippen LogP contribution >= 0.6 is 0 Å². The van der Waals surface area contributed by atoms with Crippen molar-refractivity contribution in [1.29, 1.82) is 0 Å². The summed E-state index contributed by atoms with van der Waals surface area (Å²) in [6.45, 7) is 3.44. The van der Waals surface area contributed by atoms with Gasteiger partial charge in [0.2, 0.25) is 0 Å². The van der Waals surface area contributed by atoms with Gasteiger partial charge in [-0.25, -0.2) is 4.79 Å². The van der Waals surface area contributed by atoms with E-state index in [9.17, 15) is 4.79 Å². The number of amides is 1. The topological polar surface area (TPSA) is 43.8 Å². The molecule has 0 radical (unpaired) electrons. The molecule has 4 heteroatoms. The van der Waals surface area contributed by atoms with Crippen LogP contribution in [0.3, 0.4) is 0 Å². The van der Waals surface area contributed by atoms with Gasteiger partial charge in [-0.05, 0) is 17.9 Å². The van der Waals surface area contributed by atoms with Gasteiger partial charge in [-0.15, -0.1) is 0 Å². The maximum Gasteiger partial charge on any atom is 0.407 e. The molecule has 2 aliphatic rings. The lowest BCUT2D eigenvalue weighted by Crippen LogP contribution is -2.64. The van der Waals surface area contributed by atoms with E-state index in [1.54, 1.807) is 4.90 Å². The molecule has 2 heterocycles. The number of fused-ring (bicyclic) bond motifs is 1. The Morgan fingerprint density at radius 2 is 2.06 bits per heavy atom. The van der Waals surface area contributed by atoms with Gasteiger partial charge < -0.3 is 10.0 Å². The van der Waals surface area contributed by atoms with Gasteiger partial charge >= 0.3 is 6.09 Å². The SMILES string of the molecule is O=C(O)N1CCC2CN(Cc3ccccc3)C2C1. The van der Waals surface area contributed by atoms with E-state index in [1.165, 1.54) is 5.56 Å². The van der Waals surface area contributed by atoms with Crippen LogP contribution in [0.2, 0.25) is 0 Å². The zero-order chi connectivity index (χ0) is 12.5. The zero-order valence-electron chi connectivity index (χ0n) is 10.3. The van der Waals surface area contributed by atoms with E-state index in [1.807, 2.05) is 6.07 Å². The summed E-state index contributed by atoms with van der Waals surface area (Å²) in [4.78, 5) is 15.0. The molecule has 2 saturated heterocycles. The smallest absolute Gasteiger partial charge is 0.407 e. The molecule has 1 aromatic rings. The quantitative estimate of drug-likeness (QED) is 0.866. The first-order chi connectivity index (χ1) is 8.74. The molecule has 1 amide bonds. The Kier molecular flexibility index (Phi) is 2.96. The van der Waals surface area contributed by atoms with Gasteiger partial charge in [0.1, 0.15) is 0 Å². The van der Waals surface area contributed by atoms with E-state index >= 15 is 0 Å². The molecule has 2 fully saturated rings. The van der Waals surface area contributed by atoms with Crippen molar-refractivity contribution in [2.45, 2.75) is 19.0 Å². The Morgan fingerprint density at radius 1 is 1.28 bits per heavy atom. The average molecular weight is 246 g/mol. The van der Waals surface area contributed by atoms with Crippen LogP contribution in [-0.4, -0.2) is 46.7 Å². The van der Waals surface area contributed by atoms with Gasteiger partial charge in [-0.1, -0.05) is 30.3 Å². The highest BCUT2D eigenvalue weighted by atomic mass is 16.4. The lowest BCUT2D eigenvalue weighted by Gasteiger charge is -2.53. The van der Waals surface area contributed by atoms with Crippen LogP contribution < -0.4 is 0 Å². The second-order valence-electron chi connectivity index (χ2n) is 5.26. The fourth-order valence-electron chi connectivity index (χ4n) is 3.08. The van der Waals surface area contributed by atoms with E-state index in [0.29, 0.717) is 25.0 Å². The van der Waals surface area contributed by atoms with E-state index in [0.717, 1.165) is 19.5 Å². The first kappa shape index (κ1) is 11.5. The fraction of sp³-hybridized carbons (Fsp3) is 0.500. The minimum atomic E-state index is -0.778. The summed E-state index contributed by atoms with van der Waals surface area (Å²) in [5.74, 6) is 0.698. The van der Waals surface area contributed by atoms with Gasteiger partial charge in [-0.2, -0.15) is 0 Å². The van der Waals surface area contributed by atoms with Crippen molar-refractivity contribution in [1.82, 2.24) is 9.80 Å². The minimum Gasteiger partial charge on any atom is -0.465 e. The highest BCUT2D eigenvalue weighted by Crippen LogP contribution is 2.33. The van der Waals surface area contributed by atoms with Crippen LogP contribution in [0.1, 0.15) is 12.0 Å². The largest absolute Gasteiger partial charge is 0.465 e. The summed E-state index contributed by atoms with van der Waals surface area (Å²) in [6, 6.07) is 10.8. The third-order valence-electron chi connectivity index (χ3n) is 4.16. The van der Waals surface area contributed by atoms with Crippen molar-refractivity contribution in [3.05, 3.63) is 35.9 Å². The third-order valence-corrected chi connectivity index (χ3v) is 4.16. The molecule has 0 saturated carbocycles. The predicted molar refractivity (Wildman–Crippen MR) is 68.3 cm³/mol. The summed E-state index contributed by atoms with van der Waals surface area (Å²) < 4.78 is 0. The highest BCUT2D eigenvalue weighted by Gasteiger charge is 2.43. The number of rotatable bonds is 2. The average Bonchev–Trinajstić information content (AvgIpc) is 2.37. The molecule has 1 aromatic carbocycles. The Bertz CT molecular complexity index is 435. The Balaban J connectivity index is 1.62. The molecule has 0 spiro atoms. The molecule has 0 bridgehead atoms. The minimum absolute atomic E-state index is 0.426. The number of piperidine rings is 1. The van der Waals surface area contributed by atoms with E-state index < -0.39 is 6.09 Å². The van der Waals surface area contributed by atoms with Gasteiger partial charge in [0.05, 0.1) is 0 Å². The second kappa shape index (κ2) is 4.61. The monoisotopic (exact) mass is 246 g/mol. The van der Waals surface area contributed by atoms with Gasteiger partial charge in [0.25, 0.3) is 0 Å². The highest BCUT2D eigenvalue weighted by molar-refractivity contribution is 5.65. The van der Waals surface area contributed by atoms with Crippen LogP contribution in [0.4, 0.5) is 4.79 Å². The third kappa shape index (κ3) is 2.08. The molecule has 0 aliphatic carbocycles. The molecule has 96 valence electrons. The zero-order valence-corrected chi connectivity index (χ0v) is 10.3. The normalized spacial score (nSPS) is 27.4. The summed E-state index contributed by atoms with van der Waals surface area (Å²) >= 11 is 0. The molecular formula is C14H18N2O2. The summed E-state index contributed by atoms with van der Waals surface area (Å²) in [6.07, 6.45) is 0.238. The number of carbonyl (C=O) groups is 1. The molecule has 2 aliphatic heterocycles. The summed E-state index contributed by atoms with van der Waals surface area (Å²) in [5, 5.41) is 9.05. The molecule has 1 N–H and O–H groups in total. The van der Waals surface area contributed by atoms with Crippen molar-refractivity contribution < 1.29 is 9.90 Å². The van der Waals surface area contributed by atoms with Gasteiger partial charge in [-0.3, -0.25) is 4.90 Å². The molecule has 2 unspecified atom stereocenters. The van der Waals surface area contributed by atoms with E-state index in [4.69, 9.17) is 5.11 Å². The van der Waals surface area contributed by atoms with Crippen molar-refractivity contribution >= 4 is 6.09 Å². The van der Waals surface area contributed by atoms with Crippen LogP contribution in [0, 0.1) is 5.92 Å². The Morgan fingerprint density at radius 3 is 2.78 bits per heavy atom. The molecule has 2 atom stereocenters. The predicted octanol–water partition coefficient (Wildman–Crippen LogP) is 1.87. The van der Waals surface area contributed by atoms with Crippen LogP contribution in [0.25, 0.3) is 0 Å². The van der Waals surface area contributed by atoms with Crippen molar-refractivity contribution in [2.75, 3.05) is 19.6 Å². The standard InChI is InChI=1S/C14H18N2O2/c17-14(18)15-7-6-12-9-16(13(12)10-15)8-11-4-2-1-3-5-11/h1-5,12-13H,6-10H2,(H,17,18). The molecule has 3 rings (SSSR count). The maximum absolute atomic E-state index is 11.0. The van der Waals surface area contributed by atoms with Crippen LogP contribution in [0.5, 0.6) is 0 Å². The van der Waals surface area contributed by atoms with E-state index in [2.05, 4.69) is 29.2 Å². The maximum atomic E-state index is 11.0. The second-order valence-corrected chi connectivity index (χ2v) is 5.26. The summed E-state index contributed by atoms with van der Waals surface area (Å²) in [7, 11) is 0. The number of hydrogen-bond acceptors (Lipinski definition) is 2. The molecule has 0 aromatic heterocycles. The van der Waals surface area contributed by atoms with Crippen molar-refractivity contribution in [3.63, 3.8) is 0 Å². The van der Waals surface area contributed by atoms with Crippen molar-refractivity contribution in [2.24, 2.45) is 5.92 Å². The van der Waals surface area contributed by atoms with Crippen LogP contribution in [0.15, 0.2) is 30.3 Å². The summed E-state index contributed by atoms with van der Waals surface area (Å²) in [5.41, 5.74) is 1.31. The number of nitrogens with zero attached hydrogens (tertiary/aromatic N) is 2. The number of hydrogen-bond donors (Lipinski definition) is 1. The van der Waals surface area contributed by atoms with Gasteiger partial charge in [0.15, 0.2) is 0 Å². The molecule has 4 nitrogen and oxygen atoms in total. The first-order valence-electron chi connectivity index (χ1n) is 6.50. The van der Waals surface area contributed by atoms with E-state index in [-0.39, 0.29) is 0 Å². The van der Waals surface area contributed by atoms with Gasteiger partial charge in [0, 0.05) is 32.2 Å². The first-order valence-corrected chi connectivity index (χ1v) is 6.50. The fourth-order valence-corrected chi connectivity index (χ4v) is 3.08.